The third-order valence-electron chi connectivity index (χ3n) is 4.10. The van der Waals surface area contributed by atoms with Crippen LogP contribution in [0.25, 0.3) is 0 Å². The van der Waals surface area contributed by atoms with E-state index in [9.17, 15) is 14.7 Å². The normalized spacial score (nSPS) is 22.3. The molecule has 2 aliphatic rings. The third kappa shape index (κ3) is 2.98. The zero-order valence-electron chi connectivity index (χ0n) is 12.4. The van der Waals surface area contributed by atoms with Crippen molar-refractivity contribution >= 4 is 11.9 Å². The number of aliphatic hydroxyl groups excluding tert-OH is 1. The van der Waals surface area contributed by atoms with Gasteiger partial charge in [-0.1, -0.05) is 30.3 Å². The maximum Gasteiger partial charge on any atom is 0.327 e. The van der Waals surface area contributed by atoms with Gasteiger partial charge in [0.25, 0.3) is 5.91 Å². The van der Waals surface area contributed by atoms with Gasteiger partial charge in [0.2, 0.25) is 0 Å². The van der Waals surface area contributed by atoms with Crippen molar-refractivity contribution < 1.29 is 19.4 Å². The van der Waals surface area contributed by atoms with Gasteiger partial charge in [-0.05, 0) is 18.4 Å². The lowest BCUT2D eigenvalue weighted by atomic mass is 10.2. The van der Waals surface area contributed by atoms with E-state index in [0.29, 0.717) is 13.2 Å². The van der Waals surface area contributed by atoms with Crippen LogP contribution in [-0.4, -0.2) is 58.7 Å². The van der Waals surface area contributed by atoms with Crippen LogP contribution >= 0.6 is 0 Å². The number of benzene rings is 1. The zero-order chi connectivity index (χ0) is 15.5. The van der Waals surface area contributed by atoms with Crippen LogP contribution in [-0.2, 0) is 16.1 Å². The van der Waals surface area contributed by atoms with Crippen LogP contribution in [0.1, 0.15) is 18.4 Å². The number of nitrogens with zero attached hydrogens (tertiary/aromatic N) is 2. The van der Waals surface area contributed by atoms with Gasteiger partial charge in [-0.2, -0.15) is 0 Å². The van der Waals surface area contributed by atoms with E-state index < -0.39 is 6.10 Å². The van der Waals surface area contributed by atoms with Crippen molar-refractivity contribution in [3.63, 3.8) is 0 Å². The Hall–Kier alpha value is -1.92. The van der Waals surface area contributed by atoms with Gasteiger partial charge >= 0.3 is 6.03 Å². The van der Waals surface area contributed by atoms with E-state index in [1.54, 1.807) is 4.90 Å². The van der Waals surface area contributed by atoms with Crippen LogP contribution in [0.2, 0.25) is 0 Å². The summed E-state index contributed by atoms with van der Waals surface area (Å²) >= 11 is 0. The molecule has 2 aliphatic heterocycles. The standard InChI is InChI=1S/C16H20N2O4/c19-13(11-22-10-12-5-2-1-3-6-12)9-18-15(20)14-7-4-8-17(14)16(18)21/h1-3,5-6,13-14,19H,4,7-11H2/t13-,14-/m0/s1. The number of amides is 3. The predicted octanol–water partition coefficient (Wildman–Crippen LogP) is 0.991. The summed E-state index contributed by atoms with van der Waals surface area (Å²) in [5.74, 6) is -0.190. The van der Waals surface area contributed by atoms with Crippen molar-refractivity contribution in [1.29, 1.82) is 0 Å². The number of carbonyl (C=O) groups is 2. The van der Waals surface area contributed by atoms with Crippen LogP contribution in [0.15, 0.2) is 30.3 Å². The highest BCUT2D eigenvalue weighted by Gasteiger charge is 2.47. The Kier molecular flexibility index (Phi) is 4.40. The molecular weight excluding hydrogens is 284 g/mol. The summed E-state index contributed by atoms with van der Waals surface area (Å²) in [6, 6.07) is 9.05. The molecule has 1 N–H and O–H groups in total. The molecule has 0 aromatic heterocycles. The molecule has 0 unspecified atom stereocenters. The largest absolute Gasteiger partial charge is 0.389 e. The molecule has 3 amide bonds. The van der Waals surface area contributed by atoms with Gasteiger partial charge in [0.1, 0.15) is 6.04 Å². The number of rotatable bonds is 6. The Morgan fingerprint density at radius 1 is 1.27 bits per heavy atom. The number of hydrogen-bond acceptors (Lipinski definition) is 4. The Morgan fingerprint density at radius 2 is 2.05 bits per heavy atom. The molecule has 22 heavy (non-hydrogen) atoms. The fourth-order valence-corrected chi connectivity index (χ4v) is 3.00. The molecule has 3 rings (SSSR count). The highest BCUT2D eigenvalue weighted by atomic mass is 16.5. The number of carbonyl (C=O) groups excluding carboxylic acids is 2. The average Bonchev–Trinajstić information content (AvgIpc) is 3.08. The Morgan fingerprint density at radius 3 is 2.77 bits per heavy atom. The third-order valence-corrected chi connectivity index (χ3v) is 4.10. The summed E-state index contributed by atoms with van der Waals surface area (Å²) in [5.41, 5.74) is 1.02. The molecule has 0 saturated carbocycles. The van der Waals surface area contributed by atoms with E-state index in [1.807, 2.05) is 30.3 Å². The molecule has 0 aliphatic carbocycles. The first-order valence-electron chi connectivity index (χ1n) is 7.58. The molecule has 0 spiro atoms. The van der Waals surface area contributed by atoms with Gasteiger partial charge in [-0.15, -0.1) is 0 Å². The van der Waals surface area contributed by atoms with Crippen LogP contribution in [0.3, 0.4) is 0 Å². The van der Waals surface area contributed by atoms with Crippen molar-refractivity contribution in [3.05, 3.63) is 35.9 Å². The fourth-order valence-electron chi connectivity index (χ4n) is 3.00. The molecule has 6 heteroatoms. The van der Waals surface area contributed by atoms with Gasteiger partial charge in [-0.3, -0.25) is 9.69 Å². The van der Waals surface area contributed by atoms with Crippen LogP contribution in [0.4, 0.5) is 4.79 Å². The highest BCUT2D eigenvalue weighted by molar-refractivity contribution is 6.04. The first-order valence-corrected chi connectivity index (χ1v) is 7.58. The monoisotopic (exact) mass is 304 g/mol. The zero-order valence-corrected chi connectivity index (χ0v) is 12.4. The molecule has 2 atom stereocenters. The molecule has 2 fully saturated rings. The van der Waals surface area contributed by atoms with Crippen molar-refractivity contribution in [2.45, 2.75) is 31.6 Å². The first kappa shape index (κ1) is 15.0. The van der Waals surface area contributed by atoms with E-state index in [2.05, 4.69) is 0 Å². The summed E-state index contributed by atoms with van der Waals surface area (Å²) in [5, 5.41) is 10.00. The van der Waals surface area contributed by atoms with Gasteiger partial charge in [0.05, 0.1) is 25.9 Å². The molecule has 0 radical (unpaired) electrons. The number of β-amino-alcohol motifs (C(OH)–C–C–N with tert-alkyl or cyclic N) is 1. The molecule has 2 heterocycles. The SMILES string of the molecule is O=C1[C@@H]2CCCN2C(=O)N1C[C@H](O)COCc1ccccc1. The second-order valence-electron chi connectivity index (χ2n) is 5.74. The molecule has 118 valence electrons. The number of hydrogen-bond donors (Lipinski definition) is 1. The van der Waals surface area contributed by atoms with Crippen molar-refractivity contribution in [2.75, 3.05) is 19.7 Å². The maximum absolute atomic E-state index is 12.1. The van der Waals surface area contributed by atoms with Crippen LogP contribution < -0.4 is 0 Å². The average molecular weight is 304 g/mol. The summed E-state index contributed by atoms with van der Waals surface area (Å²) in [4.78, 5) is 27.0. The van der Waals surface area contributed by atoms with E-state index >= 15 is 0 Å². The topological polar surface area (TPSA) is 70.1 Å². The van der Waals surface area contributed by atoms with Crippen LogP contribution in [0, 0.1) is 0 Å². The quantitative estimate of drug-likeness (QED) is 0.796. The van der Waals surface area contributed by atoms with Crippen LogP contribution in [0.5, 0.6) is 0 Å². The van der Waals surface area contributed by atoms with E-state index in [-0.39, 0.29) is 31.1 Å². The minimum atomic E-state index is -0.864. The van der Waals surface area contributed by atoms with Crippen molar-refractivity contribution in [2.24, 2.45) is 0 Å². The van der Waals surface area contributed by atoms with Gasteiger partial charge in [-0.25, -0.2) is 4.79 Å². The summed E-state index contributed by atoms with van der Waals surface area (Å²) < 4.78 is 5.44. The number of urea groups is 1. The molecule has 6 nitrogen and oxygen atoms in total. The first-order chi connectivity index (χ1) is 10.7. The van der Waals surface area contributed by atoms with E-state index in [0.717, 1.165) is 23.3 Å². The summed E-state index contributed by atoms with van der Waals surface area (Å²) in [6.45, 7) is 1.12. The maximum atomic E-state index is 12.1. The Bertz CT molecular complexity index is 526. The van der Waals surface area contributed by atoms with Crippen molar-refractivity contribution in [3.8, 4) is 0 Å². The number of ether oxygens (including phenoxy) is 1. The molecule has 1 aromatic rings. The molecule has 2 saturated heterocycles. The molecular formula is C16H20N2O4. The van der Waals surface area contributed by atoms with Gasteiger partial charge < -0.3 is 14.7 Å². The number of imide groups is 1. The van der Waals surface area contributed by atoms with E-state index in [1.165, 1.54) is 0 Å². The second kappa shape index (κ2) is 6.46. The summed E-state index contributed by atoms with van der Waals surface area (Å²) in [6.07, 6.45) is 0.733. The molecule has 1 aromatic carbocycles. The van der Waals surface area contributed by atoms with Gasteiger partial charge in [0, 0.05) is 6.54 Å². The minimum Gasteiger partial charge on any atom is -0.389 e. The fraction of sp³-hybridized carbons (Fsp3) is 0.500. The Balaban J connectivity index is 1.47. The lowest BCUT2D eigenvalue weighted by Gasteiger charge is -2.19. The minimum absolute atomic E-state index is 0.000539. The number of aliphatic hydroxyl groups is 1. The Labute approximate surface area is 129 Å². The second-order valence-corrected chi connectivity index (χ2v) is 5.74. The summed E-state index contributed by atoms with van der Waals surface area (Å²) in [7, 11) is 0. The van der Waals surface area contributed by atoms with E-state index in [4.69, 9.17) is 4.74 Å². The number of fused-ring (bicyclic) bond motifs is 1. The van der Waals surface area contributed by atoms with Crippen molar-refractivity contribution in [1.82, 2.24) is 9.80 Å². The highest BCUT2D eigenvalue weighted by Crippen LogP contribution is 2.27. The lowest BCUT2D eigenvalue weighted by Crippen LogP contribution is -2.40. The lowest BCUT2D eigenvalue weighted by molar-refractivity contribution is -0.129. The molecule has 0 bridgehead atoms. The van der Waals surface area contributed by atoms with Gasteiger partial charge in [0.15, 0.2) is 0 Å². The smallest absolute Gasteiger partial charge is 0.327 e. The predicted molar refractivity (Wildman–Crippen MR) is 78.9 cm³/mol.